The Kier molecular flexibility index (Phi) is 10.3. The Bertz CT molecular complexity index is 811. The Hall–Kier alpha value is -1.61. The monoisotopic (exact) mass is 551 g/mol. The lowest BCUT2D eigenvalue weighted by molar-refractivity contribution is 0.00101. The average Bonchev–Trinajstić information content (AvgIpc) is 3.49. The minimum atomic E-state index is 0. The quantitative estimate of drug-likeness (QED) is 0.294. The Balaban J connectivity index is 0.00000289. The van der Waals surface area contributed by atoms with Crippen molar-refractivity contribution in [3.63, 3.8) is 0 Å². The molecule has 2 aromatic rings. The van der Waals surface area contributed by atoms with Gasteiger partial charge in [-0.05, 0) is 44.1 Å². The number of aromatic nitrogens is 2. The summed E-state index contributed by atoms with van der Waals surface area (Å²) in [5.41, 5.74) is 1.28. The van der Waals surface area contributed by atoms with Crippen molar-refractivity contribution in [2.45, 2.75) is 64.6 Å². The van der Waals surface area contributed by atoms with Crippen molar-refractivity contribution in [2.24, 2.45) is 10.9 Å². The summed E-state index contributed by atoms with van der Waals surface area (Å²) < 4.78 is 8.43. The summed E-state index contributed by atoms with van der Waals surface area (Å²) >= 11 is 0. The van der Waals surface area contributed by atoms with E-state index >= 15 is 0 Å². The van der Waals surface area contributed by atoms with Crippen LogP contribution in [0.5, 0.6) is 0 Å². The molecule has 0 bridgehead atoms. The number of guanidine groups is 1. The third kappa shape index (κ3) is 7.20. The number of aliphatic imine (C=N–C) groups is 1. The fourth-order valence-corrected chi connectivity index (χ4v) is 4.67. The molecule has 2 fully saturated rings. The first-order valence-electron chi connectivity index (χ1n) is 12.0. The summed E-state index contributed by atoms with van der Waals surface area (Å²) in [5.74, 6) is 2.79. The summed E-state index contributed by atoms with van der Waals surface area (Å²) in [6.07, 6.45) is 12.0. The van der Waals surface area contributed by atoms with E-state index in [0.29, 0.717) is 12.6 Å². The van der Waals surface area contributed by atoms with E-state index in [9.17, 15) is 0 Å². The molecule has 1 saturated carbocycles. The van der Waals surface area contributed by atoms with Crippen molar-refractivity contribution >= 4 is 29.9 Å². The molecule has 176 valence electrons. The first kappa shape index (κ1) is 25.0. The number of piperidine rings is 1. The molecule has 32 heavy (non-hydrogen) atoms. The van der Waals surface area contributed by atoms with Crippen LogP contribution in [-0.4, -0.2) is 52.8 Å². The molecule has 0 atom stereocenters. The van der Waals surface area contributed by atoms with Gasteiger partial charge < -0.3 is 19.5 Å². The number of rotatable bonds is 8. The number of halogens is 1. The zero-order valence-electron chi connectivity index (χ0n) is 19.3. The van der Waals surface area contributed by atoms with Crippen LogP contribution in [0.2, 0.25) is 0 Å². The van der Waals surface area contributed by atoms with Crippen LogP contribution in [0.4, 0.5) is 0 Å². The smallest absolute Gasteiger partial charge is 0.194 e. The van der Waals surface area contributed by atoms with Crippen LogP contribution in [0.1, 0.15) is 56.8 Å². The van der Waals surface area contributed by atoms with Gasteiger partial charge in [-0.3, -0.25) is 0 Å². The maximum Gasteiger partial charge on any atom is 0.194 e. The number of hydrogen-bond donors (Lipinski definition) is 1. The fourth-order valence-electron chi connectivity index (χ4n) is 4.67. The molecule has 1 aromatic carbocycles. The van der Waals surface area contributed by atoms with Gasteiger partial charge in [0.2, 0.25) is 0 Å². The highest BCUT2D eigenvalue weighted by Crippen LogP contribution is 2.26. The van der Waals surface area contributed by atoms with E-state index in [0.717, 1.165) is 63.3 Å². The molecule has 1 N–H and O–H groups in total. The van der Waals surface area contributed by atoms with E-state index in [4.69, 9.17) is 9.73 Å². The van der Waals surface area contributed by atoms with Gasteiger partial charge in [-0.2, -0.15) is 0 Å². The van der Waals surface area contributed by atoms with Gasteiger partial charge in [-0.1, -0.05) is 43.2 Å². The first-order chi connectivity index (χ1) is 15.3. The summed E-state index contributed by atoms with van der Waals surface area (Å²) in [6, 6.07) is 10.5. The van der Waals surface area contributed by atoms with Crippen molar-refractivity contribution in [1.29, 1.82) is 0 Å². The number of likely N-dealkylation sites (tertiary alicyclic amines) is 1. The predicted octanol–water partition coefficient (Wildman–Crippen LogP) is 4.69. The van der Waals surface area contributed by atoms with Gasteiger partial charge in [0.25, 0.3) is 0 Å². The SMILES string of the molecule is CCNC(=NCc1nccn1Cc1ccccc1)N1CCC(OCC2CCCC2)CC1.I. The zero-order chi connectivity index (χ0) is 21.3. The minimum absolute atomic E-state index is 0. The number of benzene rings is 1. The van der Waals surface area contributed by atoms with Gasteiger partial charge in [0.1, 0.15) is 12.4 Å². The topological polar surface area (TPSA) is 54.7 Å². The highest BCUT2D eigenvalue weighted by molar-refractivity contribution is 14.0. The van der Waals surface area contributed by atoms with Crippen molar-refractivity contribution in [3.8, 4) is 0 Å². The Morgan fingerprint density at radius 2 is 1.88 bits per heavy atom. The maximum atomic E-state index is 6.25. The third-order valence-electron chi connectivity index (χ3n) is 6.49. The normalized spacial score (nSPS) is 18.0. The van der Waals surface area contributed by atoms with Gasteiger partial charge in [0, 0.05) is 45.2 Å². The maximum absolute atomic E-state index is 6.25. The molecule has 4 rings (SSSR count). The summed E-state index contributed by atoms with van der Waals surface area (Å²) in [4.78, 5) is 11.9. The second-order valence-corrected chi connectivity index (χ2v) is 8.80. The van der Waals surface area contributed by atoms with E-state index in [-0.39, 0.29) is 24.0 Å². The van der Waals surface area contributed by atoms with Crippen LogP contribution in [0.15, 0.2) is 47.7 Å². The standard InChI is InChI=1S/C25H37N5O.HI/c1-2-26-25(29-15-12-23(13-16-29)31-20-22-10-6-7-11-22)28-18-24-27-14-17-30(24)19-21-8-4-3-5-9-21;/h3-5,8-9,14,17,22-23H,2,6-7,10-13,15-16,18-20H2,1H3,(H,26,28);1H. The highest BCUT2D eigenvalue weighted by Gasteiger charge is 2.24. The van der Waals surface area contributed by atoms with Gasteiger partial charge in [-0.15, -0.1) is 24.0 Å². The molecule has 1 aliphatic carbocycles. The second kappa shape index (κ2) is 13.2. The number of nitrogens with one attached hydrogen (secondary N) is 1. The first-order valence-corrected chi connectivity index (χ1v) is 12.0. The van der Waals surface area contributed by atoms with E-state index in [1.54, 1.807) is 0 Å². The van der Waals surface area contributed by atoms with Crippen LogP contribution in [0, 0.1) is 5.92 Å². The van der Waals surface area contributed by atoms with Gasteiger partial charge in [-0.25, -0.2) is 9.98 Å². The highest BCUT2D eigenvalue weighted by atomic mass is 127. The van der Waals surface area contributed by atoms with Crippen molar-refractivity contribution in [1.82, 2.24) is 19.8 Å². The predicted molar refractivity (Wildman–Crippen MR) is 141 cm³/mol. The van der Waals surface area contributed by atoms with E-state index in [1.807, 2.05) is 18.5 Å². The van der Waals surface area contributed by atoms with Crippen molar-refractivity contribution in [2.75, 3.05) is 26.2 Å². The molecule has 0 spiro atoms. The number of nitrogens with zero attached hydrogens (tertiary/aromatic N) is 4. The van der Waals surface area contributed by atoms with Gasteiger partial charge in [0.05, 0.1) is 6.10 Å². The van der Waals surface area contributed by atoms with Gasteiger partial charge >= 0.3 is 0 Å². The van der Waals surface area contributed by atoms with Crippen LogP contribution >= 0.6 is 24.0 Å². The molecule has 1 aromatic heterocycles. The molecular weight excluding hydrogens is 513 g/mol. The fraction of sp³-hybridized carbons (Fsp3) is 0.600. The summed E-state index contributed by atoms with van der Waals surface area (Å²) in [6.45, 7) is 7.37. The minimum Gasteiger partial charge on any atom is -0.378 e. The lowest BCUT2D eigenvalue weighted by Crippen LogP contribution is -2.47. The van der Waals surface area contributed by atoms with Crippen LogP contribution in [-0.2, 0) is 17.8 Å². The molecule has 6 nitrogen and oxygen atoms in total. The Morgan fingerprint density at radius 3 is 2.59 bits per heavy atom. The van der Waals surface area contributed by atoms with Gasteiger partial charge in [0.15, 0.2) is 5.96 Å². The lowest BCUT2D eigenvalue weighted by Gasteiger charge is -2.34. The zero-order valence-corrected chi connectivity index (χ0v) is 21.6. The number of hydrogen-bond acceptors (Lipinski definition) is 3. The number of ether oxygens (including phenoxy) is 1. The van der Waals surface area contributed by atoms with Crippen LogP contribution in [0.3, 0.4) is 0 Å². The van der Waals surface area contributed by atoms with Crippen molar-refractivity contribution in [3.05, 3.63) is 54.1 Å². The van der Waals surface area contributed by atoms with E-state index in [1.165, 1.54) is 31.2 Å². The summed E-state index contributed by atoms with van der Waals surface area (Å²) in [7, 11) is 0. The average molecular weight is 552 g/mol. The molecule has 0 radical (unpaired) electrons. The molecule has 1 aliphatic heterocycles. The lowest BCUT2D eigenvalue weighted by atomic mass is 10.1. The molecule has 0 amide bonds. The molecule has 1 saturated heterocycles. The molecular formula is C25H38IN5O. The third-order valence-corrected chi connectivity index (χ3v) is 6.49. The van der Waals surface area contributed by atoms with Crippen LogP contribution < -0.4 is 5.32 Å². The molecule has 2 aliphatic rings. The largest absolute Gasteiger partial charge is 0.378 e. The molecule has 7 heteroatoms. The Morgan fingerprint density at radius 1 is 1.12 bits per heavy atom. The van der Waals surface area contributed by atoms with Crippen LogP contribution in [0.25, 0.3) is 0 Å². The van der Waals surface area contributed by atoms with E-state index < -0.39 is 0 Å². The second-order valence-electron chi connectivity index (χ2n) is 8.80. The number of imidazole rings is 1. The van der Waals surface area contributed by atoms with Crippen molar-refractivity contribution < 1.29 is 4.74 Å². The summed E-state index contributed by atoms with van der Waals surface area (Å²) in [5, 5.41) is 3.47. The Labute approximate surface area is 209 Å². The van der Waals surface area contributed by atoms with E-state index in [2.05, 4.69) is 51.0 Å². The molecule has 2 heterocycles. The molecule has 0 unspecified atom stereocenters.